The van der Waals surface area contributed by atoms with E-state index in [2.05, 4.69) is 37.3 Å². The summed E-state index contributed by atoms with van der Waals surface area (Å²) in [7, 11) is 1.61. The number of hydrogen-bond donors (Lipinski definition) is 2. The number of methoxy groups -OCH3 is 1. The van der Waals surface area contributed by atoms with Gasteiger partial charge in [0.05, 0.1) is 18.4 Å². The summed E-state index contributed by atoms with van der Waals surface area (Å²) in [5.74, 6) is 0.776. The topological polar surface area (TPSA) is 110 Å². The molecule has 2 aromatic rings. The molecule has 0 spiro atoms. The molecule has 0 bridgehead atoms. The lowest BCUT2D eigenvalue weighted by Gasteiger charge is -2.34. The SMILES string of the molecule is CO[C@H](C)COc1nc(C(=O)N[C@@H](C)CO)cc(N2CCC(C3=CCc4ncccc43)CC2)n1. The van der Waals surface area contributed by atoms with Crippen LogP contribution in [0.4, 0.5) is 5.82 Å². The van der Waals surface area contributed by atoms with Crippen LogP contribution < -0.4 is 15.0 Å². The van der Waals surface area contributed by atoms with E-state index in [9.17, 15) is 9.90 Å². The van der Waals surface area contributed by atoms with Gasteiger partial charge in [-0.1, -0.05) is 12.1 Å². The Morgan fingerprint density at radius 3 is 2.82 bits per heavy atom. The van der Waals surface area contributed by atoms with E-state index in [-0.39, 0.29) is 43.0 Å². The average Bonchev–Trinajstić information content (AvgIpc) is 3.31. The number of nitrogens with zero attached hydrogens (tertiary/aromatic N) is 4. The number of carbonyl (C=O) groups is 1. The van der Waals surface area contributed by atoms with Crippen LogP contribution in [-0.4, -0.2) is 71.5 Å². The van der Waals surface area contributed by atoms with E-state index in [1.54, 1.807) is 20.1 Å². The Morgan fingerprint density at radius 2 is 2.09 bits per heavy atom. The number of anilines is 1. The highest BCUT2D eigenvalue weighted by Gasteiger charge is 2.28. The molecule has 0 radical (unpaired) electrons. The molecule has 1 amide bonds. The second-order valence-electron chi connectivity index (χ2n) is 8.93. The highest BCUT2D eigenvalue weighted by Crippen LogP contribution is 2.37. The van der Waals surface area contributed by atoms with Gasteiger partial charge in [0.15, 0.2) is 0 Å². The molecule has 182 valence electrons. The fourth-order valence-corrected chi connectivity index (χ4v) is 4.35. The summed E-state index contributed by atoms with van der Waals surface area (Å²) < 4.78 is 11.0. The summed E-state index contributed by atoms with van der Waals surface area (Å²) in [6.45, 7) is 5.37. The zero-order valence-corrected chi connectivity index (χ0v) is 20.0. The summed E-state index contributed by atoms with van der Waals surface area (Å²) >= 11 is 0. The smallest absolute Gasteiger partial charge is 0.319 e. The van der Waals surface area contributed by atoms with Gasteiger partial charge in [-0.2, -0.15) is 9.97 Å². The Kier molecular flexibility index (Phi) is 7.74. The zero-order valence-electron chi connectivity index (χ0n) is 20.0. The van der Waals surface area contributed by atoms with Crippen LogP contribution in [0.2, 0.25) is 0 Å². The van der Waals surface area contributed by atoms with Crippen molar-refractivity contribution in [2.45, 2.75) is 45.3 Å². The van der Waals surface area contributed by atoms with Gasteiger partial charge in [0, 0.05) is 44.9 Å². The molecule has 0 aromatic carbocycles. The summed E-state index contributed by atoms with van der Waals surface area (Å²) in [4.78, 5) is 28.3. The molecule has 4 rings (SSSR count). The molecule has 2 aromatic heterocycles. The normalized spacial score (nSPS) is 17.6. The standard InChI is InChI=1S/C25H33N5O4/c1-16(14-31)27-24(32)22-13-23(29-25(28-22)34-15-17(2)33-3)30-11-8-18(9-12-30)19-6-7-21-20(19)5-4-10-26-21/h4-6,10,13,16-18,31H,7-9,11-12,14-15H2,1-3H3,(H,27,32)/t16-,17+/m0/s1. The molecule has 1 fully saturated rings. The van der Waals surface area contributed by atoms with Crippen molar-refractivity contribution in [1.82, 2.24) is 20.3 Å². The fourth-order valence-electron chi connectivity index (χ4n) is 4.35. The highest BCUT2D eigenvalue weighted by molar-refractivity contribution is 5.93. The first kappa shape index (κ1) is 24.1. The van der Waals surface area contributed by atoms with E-state index in [1.807, 2.05) is 19.2 Å². The molecule has 1 aliphatic carbocycles. The largest absolute Gasteiger partial charge is 0.461 e. The van der Waals surface area contributed by atoms with E-state index < -0.39 is 0 Å². The molecule has 1 saturated heterocycles. The number of aliphatic hydroxyl groups excluding tert-OH is 1. The summed E-state index contributed by atoms with van der Waals surface area (Å²) in [5.41, 5.74) is 4.06. The van der Waals surface area contributed by atoms with Gasteiger partial charge >= 0.3 is 6.01 Å². The van der Waals surface area contributed by atoms with Crippen molar-refractivity contribution in [3.05, 3.63) is 47.4 Å². The van der Waals surface area contributed by atoms with Gasteiger partial charge in [0.2, 0.25) is 0 Å². The molecule has 2 N–H and O–H groups in total. The molecule has 2 atom stereocenters. The number of rotatable bonds is 9. The number of piperidine rings is 1. The maximum Gasteiger partial charge on any atom is 0.319 e. The number of hydrogen-bond acceptors (Lipinski definition) is 8. The molecule has 3 heterocycles. The molecule has 9 heteroatoms. The van der Waals surface area contributed by atoms with E-state index in [1.165, 1.54) is 11.1 Å². The van der Waals surface area contributed by atoms with Crippen LogP contribution in [0.15, 0.2) is 30.5 Å². The number of carbonyl (C=O) groups excluding carboxylic acids is 1. The highest BCUT2D eigenvalue weighted by atomic mass is 16.5. The number of aliphatic hydroxyl groups is 1. The van der Waals surface area contributed by atoms with Crippen molar-refractivity contribution in [3.63, 3.8) is 0 Å². The minimum atomic E-state index is -0.378. The monoisotopic (exact) mass is 467 g/mol. The number of aromatic nitrogens is 3. The lowest BCUT2D eigenvalue weighted by atomic mass is 9.86. The Labute approximate surface area is 200 Å². The van der Waals surface area contributed by atoms with Crippen molar-refractivity contribution in [1.29, 1.82) is 0 Å². The second kappa shape index (κ2) is 10.9. The van der Waals surface area contributed by atoms with E-state index in [0.29, 0.717) is 11.7 Å². The van der Waals surface area contributed by atoms with Crippen molar-refractivity contribution in [3.8, 4) is 6.01 Å². The third-order valence-electron chi connectivity index (χ3n) is 6.40. The van der Waals surface area contributed by atoms with Crippen molar-refractivity contribution in [2.24, 2.45) is 5.92 Å². The molecule has 2 aliphatic rings. The number of allylic oxidation sites excluding steroid dienone is 2. The number of ether oxygens (including phenoxy) is 2. The van der Waals surface area contributed by atoms with E-state index in [4.69, 9.17) is 9.47 Å². The summed E-state index contributed by atoms with van der Waals surface area (Å²) in [5, 5.41) is 12.0. The van der Waals surface area contributed by atoms with Crippen LogP contribution in [-0.2, 0) is 11.2 Å². The molecular weight excluding hydrogens is 434 g/mol. The van der Waals surface area contributed by atoms with Gasteiger partial charge in [-0.05, 0) is 49.8 Å². The molecule has 1 aliphatic heterocycles. The quantitative estimate of drug-likeness (QED) is 0.578. The lowest BCUT2D eigenvalue weighted by molar-refractivity contribution is 0.0677. The summed E-state index contributed by atoms with van der Waals surface area (Å²) in [6.07, 6.45) is 6.93. The van der Waals surface area contributed by atoms with Gasteiger partial charge in [-0.3, -0.25) is 9.78 Å². The maximum atomic E-state index is 12.7. The Bertz CT molecular complexity index is 1040. The average molecular weight is 468 g/mol. The van der Waals surface area contributed by atoms with Crippen LogP contribution in [0.3, 0.4) is 0 Å². The predicted octanol–water partition coefficient (Wildman–Crippen LogP) is 2.25. The zero-order chi connectivity index (χ0) is 24.1. The van der Waals surface area contributed by atoms with E-state index in [0.717, 1.165) is 38.0 Å². The second-order valence-corrected chi connectivity index (χ2v) is 8.93. The van der Waals surface area contributed by atoms with Crippen LogP contribution >= 0.6 is 0 Å². The third-order valence-corrected chi connectivity index (χ3v) is 6.40. The van der Waals surface area contributed by atoms with Gasteiger partial charge in [0.1, 0.15) is 18.1 Å². The molecule has 0 unspecified atom stereocenters. The minimum Gasteiger partial charge on any atom is -0.461 e. The molecule has 9 nitrogen and oxygen atoms in total. The number of fused-ring (bicyclic) bond motifs is 1. The summed E-state index contributed by atoms with van der Waals surface area (Å²) in [6, 6.07) is 5.63. The fraction of sp³-hybridized carbons (Fsp3) is 0.520. The maximum absolute atomic E-state index is 12.7. The number of nitrogens with one attached hydrogen (secondary N) is 1. The molecule has 0 saturated carbocycles. The van der Waals surface area contributed by atoms with Crippen LogP contribution in [0.1, 0.15) is 48.4 Å². The van der Waals surface area contributed by atoms with Crippen molar-refractivity contribution in [2.75, 3.05) is 38.3 Å². The molecular formula is C25H33N5O4. The first-order valence-electron chi connectivity index (χ1n) is 11.8. The van der Waals surface area contributed by atoms with Crippen LogP contribution in [0, 0.1) is 5.92 Å². The molecule has 34 heavy (non-hydrogen) atoms. The van der Waals surface area contributed by atoms with E-state index >= 15 is 0 Å². The number of pyridine rings is 1. The first-order chi connectivity index (χ1) is 16.5. The lowest BCUT2D eigenvalue weighted by Crippen LogP contribution is -2.37. The van der Waals surface area contributed by atoms with Crippen molar-refractivity contribution >= 4 is 17.3 Å². The Balaban J connectivity index is 1.49. The van der Waals surface area contributed by atoms with Gasteiger partial charge in [0.25, 0.3) is 5.91 Å². The van der Waals surface area contributed by atoms with Gasteiger partial charge in [-0.15, -0.1) is 0 Å². The Hall–Kier alpha value is -3.04. The van der Waals surface area contributed by atoms with Crippen LogP contribution in [0.5, 0.6) is 6.01 Å². The van der Waals surface area contributed by atoms with Gasteiger partial charge in [-0.25, -0.2) is 0 Å². The Morgan fingerprint density at radius 1 is 1.29 bits per heavy atom. The first-order valence-corrected chi connectivity index (χ1v) is 11.8. The predicted molar refractivity (Wildman–Crippen MR) is 129 cm³/mol. The van der Waals surface area contributed by atoms with Crippen molar-refractivity contribution < 1.29 is 19.4 Å². The van der Waals surface area contributed by atoms with Crippen LogP contribution in [0.25, 0.3) is 5.57 Å². The number of amides is 1. The third kappa shape index (κ3) is 5.53. The minimum absolute atomic E-state index is 0.133. The van der Waals surface area contributed by atoms with Gasteiger partial charge < -0.3 is 24.8 Å².